The Morgan fingerprint density at radius 3 is 2.29 bits per heavy atom. The Morgan fingerprint density at radius 2 is 1.76 bits per heavy atom. The van der Waals surface area contributed by atoms with Gasteiger partial charge in [0.2, 0.25) is 5.91 Å². The van der Waals surface area contributed by atoms with E-state index in [1.807, 2.05) is 0 Å². The molecule has 0 unspecified atom stereocenters. The van der Waals surface area contributed by atoms with E-state index in [4.69, 9.17) is 5.11 Å². The summed E-state index contributed by atoms with van der Waals surface area (Å²) in [5.41, 5.74) is -0.836. The molecule has 6 heteroatoms. The number of benzene rings is 1. The van der Waals surface area contributed by atoms with Crippen molar-refractivity contribution in [3.05, 3.63) is 35.6 Å². The lowest BCUT2D eigenvalue weighted by atomic mass is 9.91. The van der Waals surface area contributed by atoms with E-state index in [0.29, 0.717) is 6.42 Å². The minimum atomic E-state index is -1.71. The van der Waals surface area contributed by atoms with Crippen LogP contribution >= 0.6 is 0 Å². The molecule has 2 rings (SSSR count). The fraction of sp³-hybridized carbons (Fsp3) is 0.467. The number of carbonyl (C=O) groups is 2. The van der Waals surface area contributed by atoms with Gasteiger partial charge in [-0.25, -0.2) is 9.18 Å². The number of halogens is 1. The third-order valence-electron chi connectivity index (χ3n) is 3.88. The van der Waals surface area contributed by atoms with Gasteiger partial charge in [-0.15, -0.1) is 0 Å². The Hall–Kier alpha value is -1.95. The zero-order valence-electron chi connectivity index (χ0n) is 11.6. The zero-order valence-corrected chi connectivity index (χ0v) is 11.6. The Kier molecular flexibility index (Phi) is 4.57. The molecule has 0 atom stereocenters. The smallest absolute Gasteiger partial charge is 0.335 e. The molecular weight excluding hydrogens is 277 g/mol. The summed E-state index contributed by atoms with van der Waals surface area (Å²) in [5.74, 6) is -1.62. The molecule has 0 aliphatic carbocycles. The molecule has 1 aromatic rings. The van der Waals surface area contributed by atoms with Crippen LogP contribution in [0, 0.1) is 5.82 Å². The number of aliphatic hydroxyl groups is 1. The Labute approximate surface area is 122 Å². The molecule has 0 spiro atoms. The second-order valence-electron chi connectivity index (χ2n) is 5.34. The fourth-order valence-electron chi connectivity index (χ4n) is 2.40. The SMILES string of the molecule is O=C(CCc1ccc(F)cc1)N1CCC(O)(C(=O)O)CC1. The molecule has 1 aromatic carbocycles. The first-order chi connectivity index (χ1) is 9.90. The van der Waals surface area contributed by atoms with Crippen molar-refractivity contribution in [2.24, 2.45) is 0 Å². The van der Waals surface area contributed by atoms with Gasteiger partial charge in [0, 0.05) is 32.4 Å². The van der Waals surface area contributed by atoms with E-state index in [-0.39, 0.29) is 44.1 Å². The van der Waals surface area contributed by atoms with Crippen molar-refractivity contribution in [3.8, 4) is 0 Å². The first-order valence-corrected chi connectivity index (χ1v) is 6.89. The van der Waals surface area contributed by atoms with Crippen molar-refractivity contribution in [3.63, 3.8) is 0 Å². The molecule has 2 N–H and O–H groups in total. The molecule has 21 heavy (non-hydrogen) atoms. The van der Waals surface area contributed by atoms with E-state index in [0.717, 1.165) is 5.56 Å². The number of likely N-dealkylation sites (tertiary alicyclic amines) is 1. The average Bonchev–Trinajstić information content (AvgIpc) is 2.47. The van der Waals surface area contributed by atoms with Crippen LogP contribution < -0.4 is 0 Å². The molecule has 114 valence electrons. The average molecular weight is 295 g/mol. The fourth-order valence-corrected chi connectivity index (χ4v) is 2.40. The van der Waals surface area contributed by atoms with Gasteiger partial charge in [-0.2, -0.15) is 0 Å². The van der Waals surface area contributed by atoms with Crippen LogP contribution in [-0.4, -0.2) is 45.7 Å². The maximum absolute atomic E-state index is 12.8. The summed E-state index contributed by atoms with van der Waals surface area (Å²) in [6.45, 7) is 0.482. The van der Waals surface area contributed by atoms with Crippen molar-refractivity contribution in [1.82, 2.24) is 4.90 Å². The molecule has 1 saturated heterocycles. The van der Waals surface area contributed by atoms with Crippen molar-refractivity contribution in [1.29, 1.82) is 0 Å². The van der Waals surface area contributed by atoms with Crippen LogP contribution in [0.1, 0.15) is 24.8 Å². The molecule has 5 nitrogen and oxygen atoms in total. The van der Waals surface area contributed by atoms with Gasteiger partial charge < -0.3 is 15.1 Å². The van der Waals surface area contributed by atoms with E-state index in [2.05, 4.69) is 0 Å². The summed E-state index contributed by atoms with van der Waals surface area (Å²) in [5, 5.41) is 18.7. The standard InChI is InChI=1S/C15H18FNO4/c16-12-4-1-11(2-5-12)3-6-13(18)17-9-7-15(21,8-10-17)14(19)20/h1-2,4-5,21H,3,6-10H2,(H,19,20). The van der Waals surface area contributed by atoms with Gasteiger partial charge >= 0.3 is 5.97 Å². The van der Waals surface area contributed by atoms with E-state index in [1.165, 1.54) is 12.1 Å². The topological polar surface area (TPSA) is 77.8 Å². The van der Waals surface area contributed by atoms with E-state index in [9.17, 15) is 19.1 Å². The molecule has 0 bridgehead atoms. The quantitative estimate of drug-likeness (QED) is 0.875. The van der Waals surface area contributed by atoms with E-state index >= 15 is 0 Å². The number of nitrogens with zero attached hydrogens (tertiary/aromatic N) is 1. The van der Waals surface area contributed by atoms with Crippen molar-refractivity contribution < 1.29 is 24.2 Å². The van der Waals surface area contributed by atoms with Crippen LogP contribution in [0.15, 0.2) is 24.3 Å². The van der Waals surface area contributed by atoms with Crippen LogP contribution in [0.5, 0.6) is 0 Å². The highest BCUT2D eigenvalue weighted by Gasteiger charge is 2.40. The molecule has 1 amide bonds. The lowest BCUT2D eigenvalue weighted by molar-refractivity contribution is -0.165. The Bertz CT molecular complexity index is 521. The Morgan fingerprint density at radius 1 is 1.19 bits per heavy atom. The summed E-state index contributed by atoms with van der Waals surface area (Å²) in [4.78, 5) is 24.5. The van der Waals surface area contributed by atoms with Crippen molar-refractivity contribution in [2.45, 2.75) is 31.3 Å². The lowest BCUT2D eigenvalue weighted by Gasteiger charge is -2.35. The minimum absolute atomic E-state index is 0.0463. The molecular formula is C15H18FNO4. The second-order valence-corrected chi connectivity index (χ2v) is 5.34. The highest BCUT2D eigenvalue weighted by atomic mass is 19.1. The van der Waals surface area contributed by atoms with Crippen molar-refractivity contribution >= 4 is 11.9 Å². The van der Waals surface area contributed by atoms with Gasteiger partial charge in [0.15, 0.2) is 5.60 Å². The number of aliphatic carboxylic acids is 1. The van der Waals surface area contributed by atoms with Gasteiger partial charge in [-0.1, -0.05) is 12.1 Å². The first kappa shape index (κ1) is 15.4. The number of carboxylic acids is 1. The molecule has 0 radical (unpaired) electrons. The molecule has 0 aromatic heterocycles. The van der Waals surface area contributed by atoms with Gasteiger partial charge in [0.05, 0.1) is 0 Å². The third kappa shape index (κ3) is 3.78. The highest BCUT2D eigenvalue weighted by molar-refractivity contribution is 5.79. The van der Waals surface area contributed by atoms with Crippen LogP contribution in [0.3, 0.4) is 0 Å². The van der Waals surface area contributed by atoms with Gasteiger partial charge in [0.1, 0.15) is 5.82 Å². The predicted molar refractivity (Wildman–Crippen MR) is 73.1 cm³/mol. The van der Waals surface area contributed by atoms with Gasteiger partial charge in [-0.05, 0) is 24.1 Å². The van der Waals surface area contributed by atoms with Crippen molar-refractivity contribution in [2.75, 3.05) is 13.1 Å². The number of amides is 1. The van der Waals surface area contributed by atoms with Crippen LogP contribution in [-0.2, 0) is 16.0 Å². The lowest BCUT2D eigenvalue weighted by Crippen LogP contribution is -2.50. The van der Waals surface area contributed by atoms with Crippen LogP contribution in [0.4, 0.5) is 4.39 Å². The summed E-state index contributed by atoms with van der Waals surface area (Å²) >= 11 is 0. The number of hydrogen-bond acceptors (Lipinski definition) is 3. The monoisotopic (exact) mass is 295 g/mol. The summed E-state index contributed by atoms with van der Waals surface area (Å²) in [6, 6.07) is 5.99. The summed E-state index contributed by atoms with van der Waals surface area (Å²) in [6.07, 6.45) is 0.894. The molecule has 1 aliphatic rings. The van der Waals surface area contributed by atoms with E-state index in [1.54, 1.807) is 17.0 Å². The number of carbonyl (C=O) groups excluding carboxylic acids is 1. The van der Waals surface area contributed by atoms with Crippen LogP contribution in [0.2, 0.25) is 0 Å². The number of aryl methyl sites for hydroxylation is 1. The van der Waals surface area contributed by atoms with Gasteiger partial charge in [0.25, 0.3) is 0 Å². The molecule has 1 aliphatic heterocycles. The summed E-state index contributed by atoms with van der Waals surface area (Å²) in [7, 11) is 0. The number of carboxylic acid groups (broad SMARTS) is 1. The number of piperidine rings is 1. The Balaban J connectivity index is 1.82. The largest absolute Gasteiger partial charge is 0.479 e. The predicted octanol–water partition coefficient (Wildman–Crippen LogP) is 1.20. The second kappa shape index (κ2) is 6.22. The number of rotatable bonds is 4. The highest BCUT2D eigenvalue weighted by Crippen LogP contribution is 2.23. The number of hydrogen-bond donors (Lipinski definition) is 2. The van der Waals surface area contributed by atoms with E-state index < -0.39 is 11.6 Å². The third-order valence-corrected chi connectivity index (χ3v) is 3.88. The first-order valence-electron chi connectivity index (χ1n) is 6.89. The zero-order chi connectivity index (χ0) is 15.5. The molecule has 0 saturated carbocycles. The van der Waals surface area contributed by atoms with Crippen LogP contribution in [0.25, 0.3) is 0 Å². The normalized spacial score (nSPS) is 17.5. The maximum Gasteiger partial charge on any atom is 0.335 e. The molecule has 1 fully saturated rings. The summed E-state index contributed by atoms with van der Waals surface area (Å²) < 4.78 is 12.8. The molecule has 1 heterocycles. The minimum Gasteiger partial charge on any atom is -0.479 e. The van der Waals surface area contributed by atoms with Gasteiger partial charge in [-0.3, -0.25) is 4.79 Å². The maximum atomic E-state index is 12.8.